The van der Waals surface area contributed by atoms with Crippen LogP contribution >= 0.6 is 0 Å². The van der Waals surface area contributed by atoms with Crippen molar-refractivity contribution >= 4 is 29.8 Å². The van der Waals surface area contributed by atoms with E-state index in [1.165, 1.54) is 24.3 Å². The van der Waals surface area contributed by atoms with Crippen LogP contribution in [0.25, 0.3) is 5.69 Å². The summed E-state index contributed by atoms with van der Waals surface area (Å²) in [6.45, 7) is 3.79. The lowest BCUT2D eigenvalue weighted by Gasteiger charge is -2.44. The average Bonchev–Trinajstić information content (AvgIpc) is 3.24. The second-order valence-electron chi connectivity index (χ2n) is 9.87. The third-order valence-electron chi connectivity index (χ3n) is 6.65. The highest BCUT2D eigenvalue weighted by Gasteiger charge is 2.53. The maximum absolute atomic E-state index is 13.8. The highest BCUT2D eigenvalue weighted by molar-refractivity contribution is 5.76. The Morgan fingerprint density at radius 1 is 0.756 bits per heavy atom. The molecule has 0 bridgehead atoms. The van der Waals surface area contributed by atoms with Gasteiger partial charge in [-0.2, -0.15) is 4.68 Å². The molecule has 0 aliphatic carbocycles. The molecule has 17 heteroatoms. The number of esters is 5. The fourth-order valence-corrected chi connectivity index (χ4v) is 4.95. The number of fused-ring (bicyclic) bond motifs is 1. The van der Waals surface area contributed by atoms with Crippen LogP contribution in [-0.4, -0.2) is 88.2 Å². The molecule has 1 aromatic heterocycles. The van der Waals surface area contributed by atoms with Crippen LogP contribution < -0.4 is 11.4 Å². The average molecular weight is 634 g/mol. The van der Waals surface area contributed by atoms with Crippen molar-refractivity contribution in [2.75, 3.05) is 13.7 Å². The zero-order valence-corrected chi connectivity index (χ0v) is 24.8. The van der Waals surface area contributed by atoms with Gasteiger partial charge in [-0.25, -0.2) is 23.6 Å². The second-order valence-corrected chi connectivity index (χ2v) is 9.87. The molecule has 2 aliphatic heterocycles. The lowest BCUT2D eigenvalue weighted by Crippen LogP contribution is -2.63. The van der Waals surface area contributed by atoms with Gasteiger partial charge in [0.2, 0.25) is 6.29 Å². The van der Waals surface area contributed by atoms with Gasteiger partial charge in [-0.05, 0) is 24.3 Å². The number of benzene rings is 1. The number of aromatic nitrogens is 3. The minimum absolute atomic E-state index is 0.191. The van der Waals surface area contributed by atoms with E-state index < -0.39 is 90.8 Å². The number of carbonyl (C=O) groups is 5. The van der Waals surface area contributed by atoms with Crippen LogP contribution in [0.4, 0.5) is 0 Å². The summed E-state index contributed by atoms with van der Waals surface area (Å²) in [5.74, 6) is -4.13. The molecule has 1 fully saturated rings. The van der Waals surface area contributed by atoms with Gasteiger partial charge >= 0.3 is 41.2 Å². The van der Waals surface area contributed by atoms with Crippen molar-refractivity contribution in [2.45, 2.75) is 70.7 Å². The SMILES string of the molecule is COC(=O)[C@H]1C=C[C@@H](O[C@@H]2O[C@H](COC(C)=O)[C@@H](OC(C)=O)[C@H](OC(C)=O)[C@@H]2OC(C)=O)n2c(=O)n(-c3ccccc3)c(=O)n21. The van der Waals surface area contributed by atoms with E-state index in [1.54, 1.807) is 18.2 Å². The lowest BCUT2D eigenvalue weighted by atomic mass is 9.98. The fraction of sp³-hybridized carbons (Fsp3) is 0.464. The van der Waals surface area contributed by atoms with Crippen molar-refractivity contribution in [1.82, 2.24) is 13.9 Å². The monoisotopic (exact) mass is 633 g/mol. The molecule has 1 aromatic carbocycles. The van der Waals surface area contributed by atoms with Gasteiger partial charge in [0.15, 0.2) is 30.6 Å². The molecule has 242 valence electrons. The second kappa shape index (κ2) is 13.7. The van der Waals surface area contributed by atoms with Gasteiger partial charge in [0.1, 0.15) is 12.7 Å². The lowest BCUT2D eigenvalue weighted by molar-refractivity contribution is -0.321. The van der Waals surface area contributed by atoms with Gasteiger partial charge in [-0.3, -0.25) is 19.2 Å². The van der Waals surface area contributed by atoms with E-state index in [1.807, 2.05) is 0 Å². The first-order valence-electron chi connectivity index (χ1n) is 13.6. The van der Waals surface area contributed by atoms with E-state index in [0.29, 0.717) is 0 Å². The van der Waals surface area contributed by atoms with Crippen LogP contribution in [0.15, 0.2) is 52.1 Å². The summed E-state index contributed by atoms with van der Waals surface area (Å²) in [6, 6.07) is 6.53. The van der Waals surface area contributed by atoms with Gasteiger partial charge in [-0.15, -0.1) is 0 Å². The first-order valence-corrected chi connectivity index (χ1v) is 13.6. The molecule has 4 rings (SSSR count). The maximum atomic E-state index is 13.8. The standard InChI is InChI=1S/C28H31N3O14/c1-14(32)40-13-20-22(41-15(2)33)23(42-16(3)34)24(43-17(4)35)26(44-20)45-21-12-11-19(25(36)39-5)30-27(37)29(28(38)31(21)30)18-9-7-6-8-10-18/h6-12,19-24,26H,13H2,1-5H3/t19-,20-,21-,22-,23+,24+,26+/m1/s1. The molecule has 1 saturated heterocycles. The summed E-state index contributed by atoms with van der Waals surface area (Å²) in [6.07, 6.45) is -6.57. The van der Waals surface area contributed by atoms with Gasteiger partial charge in [-0.1, -0.05) is 18.2 Å². The van der Waals surface area contributed by atoms with Crippen molar-refractivity contribution in [3.05, 3.63) is 63.5 Å². The normalized spacial score (nSPS) is 25.4. The molecule has 7 atom stereocenters. The fourth-order valence-electron chi connectivity index (χ4n) is 4.95. The van der Waals surface area contributed by atoms with E-state index in [4.69, 9.17) is 33.2 Å². The minimum atomic E-state index is -1.69. The summed E-state index contributed by atoms with van der Waals surface area (Å²) in [5, 5.41) is 0. The number of nitrogens with zero attached hydrogens (tertiary/aromatic N) is 3. The van der Waals surface area contributed by atoms with Gasteiger partial charge in [0.05, 0.1) is 12.8 Å². The van der Waals surface area contributed by atoms with E-state index in [0.717, 1.165) is 48.7 Å². The highest BCUT2D eigenvalue weighted by Crippen LogP contribution is 2.33. The molecule has 0 saturated carbocycles. The predicted octanol–water partition coefficient (Wildman–Crippen LogP) is -0.317. The molecule has 0 spiro atoms. The van der Waals surface area contributed by atoms with Crippen LogP contribution in [-0.2, 0) is 57.1 Å². The van der Waals surface area contributed by atoms with E-state index in [9.17, 15) is 33.6 Å². The number of hydrogen-bond donors (Lipinski definition) is 0. The molecule has 0 radical (unpaired) electrons. The zero-order valence-electron chi connectivity index (χ0n) is 24.8. The summed E-state index contributed by atoms with van der Waals surface area (Å²) in [5.41, 5.74) is -1.63. The Morgan fingerprint density at radius 2 is 1.33 bits per heavy atom. The Balaban J connectivity index is 1.83. The first-order chi connectivity index (χ1) is 21.3. The summed E-state index contributed by atoms with van der Waals surface area (Å²) in [7, 11) is 1.11. The minimum Gasteiger partial charge on any atom is -0.467 e. The number of hydrogen-bond acceptors (Lipinski definition) is 14. The zero-order chi connectivity index (χ0) is 33.0. The van der Waals surface area contributed by atoms with Crippen molar-refractivity contribution in [3.63, 3.8) is 0 Å². The molecule has 0 N–H and O–H groups in total. The molecule has 0 amide bonds. The topological polar surface area (TPSA) is 199 Å². The highest BCUT2D eigenvalue weighted by atomic mass is 16.7. The van der Waals surface area contributed by atoms with Crippen LogP contribution in [0.2, 0.25) is 0 Å². The Kier molecular flexibility index (Phi) is 10.0. The molecular formula is C28H31N3O14. The predicted molar refractivity (Wildman–Crippen MR) is 147 cm³/mol. The Bertz CT molecular complexity index is 1610. The quantitative estimate of drug-likeness (QED) is 0.198. The van der Waals surface area contributed by atoms with Crippen LogP contribution in [0, 0.1) is 0 Å². The van der Waals surface area contributed by atoms with Gasteiger partial charge < -0.3 is 33.2 Å². The van der Waals surface area contributed by atoms with Crippen molar-refractivity contribution in [1.29, 1.82) is 0 Å². The van der Waals surface area contributed by atoms with Crippen LogP contribution in [0.5, 0.6) is 0 Å². The van der Waals surface area contributed by atoms with Gasteiger partial charge in [0.25, 0.3) is 0 Å². The molecular weight excluding hydrogens is 602 g/mol. The van der Waals surface area contributed by atoms with Crippen LogP contribution in [0.1, 0.15) is 40.0 Å². The van der Waals surface area contributed by atoms with Crippen molar-refractivity contribution < 1.29 is 57.1 Å². The number of ether oxygens (including phenoxy) is 7. The first kappa shape index (κ1) is 32.9. The van der Waals surface area contributed by atoms with Crippen molar-refractivity contribution in [2.24, 2.45) is 0 Å². The number of para-hydroxylation sites is 1. The maximum Gasteiger partial charge on any atom is 0.354 e. The summed E-state index contributed by atoms with van der Waals surface area (Å²) >= 11 is 0. The summed E-state index contributed by atoms with van der Waals surface area (Å²) < 4.78 is 40.6. The summed E-state index contributed by atoms with van der Waals surface area (Å²) in [4.78, 5) is 88.0. The number of rotatable bonds is 9. The van der Waals surface area contributed by atoms with Gasteiger partial charge in [0, 0.05) is 27.7 Å². The molecule has 17 nitrogen and oxygen atoms in total. The third-order valence-corrected chi connectivity index (χ3v) is 6.65. The smallest absolute Gasteiger partial charge is 0.354 e. The third kappa shape index (κ3) is 7.04. The van der Waals surface area contributed by atoms with Crippen LogP contribution in [0.3, 0.4) is 0 Å². The van der Waals surface area contributed by atoms with E-state index in [2.05, 4.69) is 0 Å². The molecule has 0 unspecified atom stereocenters. The largest absolute Gasteiger partial charge is 0.467 e. The molecule has 45 heavy (non-hydrogen) atoms. The molecule has 2 aromatic rings. The molecule has 2 aliphatic rings. The number of methoxy groups -OCH3 is 1. The Hall–Kier alpha value is -5.03. The van der Waals surface area contributed by atoms with E-state index in [-0.39, 0.29) is 5.69 Å². The van der Waals surface area contributed by atoms with Crippen molar-refractivity contribution in [3.8, 4) is 5.69 Å². The molecule has 3 heterocycles. The number of carbonyl (C=O) groups excluding carboxylic acids is 5. The Morgan fingerprint density at radius 3 is 1.91 bits per heavy atom. The van der Waals surface area contributed by atoms with E-state index >= 15 is 0 Å². The Labute approximate surface area is 254 Å².